The average Bonchev–Trinajstić information content (AvgIpc) is 2.26. The number of rotatable bonds is 3. The Morgan fingerprint density at radius 2 is 2.16 bits per heavy atom. The molecule has 19 heavy (non-hydrogen) atoms. The van der Waals surface area contributed by atoms with Crippen molar-refractivity contribution in [2.24, 2.45) is 5.73 Å². The van der Waals surface area contributed by atoms with Gasteiger partial charge in [-0.25, -0.2) is 4.98 Å². The monoisotopic (exact) mass is 339 g/mol. The van der Waals surface area contributed by atoms with Crippen molar-refractivity contribution in [3.05, 3.63) is 50.3 Å². The predicted molar refractivity (Wildman–Crippen MR) is 80.5 cm³/mol. The molecule has 2 aromatic rings. The third-order valence-electron chi connectivity index (χ3n) is 2.52. The summed E-state index contributed by atoms with van der Waals surface area (Å²) in [5.74, 6) is 0. The zero-order chi connectivity index (χ0) is 14.0. The molecule has 1 unspecified atom stereocenters. The first-order chi connectivity index (χ1) is 8.95. The summed E-state index contributed by atoms with van der Waals surface area (Å²) in [7, 11) is 0. The Bertz CT molecular complexity index is 655. The van der Waals surface area contributed by atoms with E-state index in [1.807, 2.05) is 25.1 Å². The SMILES string of the molecule is Cc1cc(=O)[nH]c(Sc2cc(Br)ccc2C(C)N)n1. The fourth-order valence-corrected chi connectivity index (χ4v) is 3.30. The van der Waals surface area contributed by atoms with Crippen molar-refractivity contribution < 1.29 is 0 Å². The predicted octanol–water partition coefficient (Wildman–Crippen LogP) is 3.01. The van der Waals surface area contributed by atoms with Crippen LogP contribution < -0.4 is 11.3 Å². The maximum absolute atomic E-state index is 11.4. The molecule has 1 aromatic heterocycles. The second-order valence-electron chi connectivity index (χ2n) is 4.26. The second kappa shape index (κ2) is 5.90. The number of H-pyrrole nitrogens is 1. The van der Waals surface area contributed by atoms with Gasteiger partial charge in [-0.1, -0.05) is 33.8 Å². The lowest BCUT2D eigenvalue weighted by molar-refractivity contribution is 0.795. The minimum absolute atomic E-state index is 0.0767. The molecule has 0 saturated carbocycles. The Morgan fingerprint density at radius 3 is 2.79 bits per heavy atom. The molecule has 2 rings (SSSR count). The van der Waals surface area contributed by atoms with Crippen molar-refractivity contribution in [1.29, 1.82) is 0 Å². The summed E-state index contributed by atoms with van der Waals surface area (Å²) in [5.41, 5.74) is 7.53. The normalized spacial score (nSPS) is 12.4. The molecule has 0 amide bonds. The third kappa shape index (κ3) is 3.68. The van der Waals surface area contributed by atoms with E-state index in [0.29, 0.717) is 10.9 Å². The van der Waals surface area contributed by atoms with Gasteiger partial charge in [-0.2, -0.15) is 0 Å². The highest BCUT2D eigenvalue weighted by Crippen LogP contribution is 2.32. The lowest BCUT2D eigenvalue weighted by Crippen LogP contribution is -2.09. The van der Waals surface area contributed by atoms with Gasteiger partial charge in [0.25, 0.3) is 5.56 Å². The molecule has 0 spiro atoms. The van der Waals surface area contributed by atoms with Crippen molar-refractivity contribution >= 4 is 27.7 Å². The number of aryl methyl sites for hydroxylation is 1. The van der Waals surface area contributed by atoms with Crippen molar-refractivity contribution in [2.45, 2.75) is 29.9 Å². The third-order valence-corrected chi connectivity index (χ3v) is 3.97. The summed E-state index contributed by atoms with van der Waals surface area (Å²) >= 11 is 4.85. The zero-order valence-corrected chi connectivity index (χ0v) is 13.0. The molecule has 0 fully saturated rings. The van der Waals surface area contributed by atoms with Gasteiger partial charge in [0.05, 0.1) is 0 Å². The summed E-state index contributed by atoms with van der Waals surface area (Å²) in [6.07, 6.45) is 0. The number of halogens is 1. The van der Waals surface area contributed by atoms with Crippen LogP contribution in [0.25, 0.3) is 0 Å². The number of aromatic amines is 1. The molecule has 0 aliphatic carbocycles. The number of nitrogens with one attached hydrogen (secondary N) is 1. The minimum Gasteiger partial charge on any atom is -0.324 e. The van der Waals surface area contributed by atoms with Crippen molar-refractivity contribution in [1.82, 2.24) is 9.97 Å². The number of hydrogen-bond donors (Lipinski definition) is 2. The van der Waals surface area contributed by atoms with E-state index in [1.54, 1.807) is 6.92 Å². The van der Waals surface area contributed by atoms with Crippen LogP contribution in [0.1, 0.15) is 24.2 Å². The molecule has 0 aliphatic rings. The zero-order valence-electron chi connectivity index (χ0n) is 10.6. The Hall–Kier alpha value is -1.11. The van der Waals surface area contributed by atoms with Crippen molar-refractivity contribution in [3.63, 3.8) is 0 Å². The van der Waals surface area contributed by atoms with Gasteiger partial charge in [-0.15, -0.1) is 0 Å². The highest BCUT2D eigenvalue weighted by molar-refractivity contribution is 9.10. The van der Waals surface area contributed by atoms with Crippen LogP contribution in [-0.2, 0) is 0 Å². The topological polar surface area (TPSA) is 71.8 Å². The molecule has 4 nitrogen and oxygen atoms in total. The van der Waals surface area contributed by atoms with Gasteiger partial charge in [0.15, 0.2) is 5.16 Å². The maximum atomic E-state index is 11.4. The molecule has 1 aromatic carbocycles. The summed E-state index contributed by atoms with van der Waals surface area (Å²) in [5, 5.41) is 0.574. The summed E-state index contributed by atoms with van der Waals surface area (Å²) in [4.78, 5) is 19.5. The first-order valence-electron chi connectivity index (χ1n) is 5.76. The van der Waals surface area contributed by atoms with Crippen LogP contribution >= 0.6 is 27.7 Å². The van der Waals surface area contributed by atoms with E-state index in [9.17, 15) is 4.79 Å². The molecular formula is C13H14BrN3OS. The van der Waals surface area contributed by atoms with E-state index in [2.05, 4.69) is 25.9 Å². The largest absolute Gasteiger partial charge is 0.324 e. The summed E-state index contributed by atoms with van der Waals surface area (Å²) in [6, 6.07) is 7.30. The van der Waals surface area contributed by atoms with Gasteiger partial charge in [0.2, 0.25) is 0 Å². The lowest BCUT2D eigenvalue weighted by Gasteiger charge is -2.12. The van der Waals surface area contributed by atoms with Crippen LogP contribution in [0, 0.1) is 6.92 Å². The van der Waals surface area contributed by atoms with Crippen molar-refractivity contribution in [3.8, 4) is 0 Å². The molecule has 0 aliphatic heterocycles. The van der Waals surface area contributed by atoms with Crippen LogP contribution in [0.2, 0.25) is 0 Å². The van der Waals surface area contributed by atoms with Gasteiger partial charge < -0.3 is 10.7 Å². The molecule has 100 valence electrons. The fourth-order valence-electron chi connectivity index (χ4n) is 1.68. The van der Waals surface area contributed by atoms with Crippen LogP contribution in [0.4, 0.5) is 0 Å². The molecule has 0 bridgehead atoms. The van der Waals surface area contributed by atoms with Crippen LogP contribution in [0.15, 0.2) is 43.6 Å². The molecule has 1 heterocycles. The minimum atomic E-state index is -0.146. The van der Waals surface area contributed by atoms with Gasteiger partial charge in [0, 0.05) is 27.2 Å². The van der Waals surface area contributed by atoms with Crippen LogP contribution in [0.5, 0.6) is 0 Å². The Labute approximate surface area is 124 Å². The average molecular weight is 340 g/mol. The van der Waals surface area contributed by atoms with Gasteiger partial charge in [-0.05, 0) is 31.5 Å². The number of aromatic nitrogens is 2. The Kier molecular flexibility index (Phi) is 4.44. The lowest BCUT2D eigenvalue weighted by atomic mass is 10.1. The van der Waals surface area contributed by atoms with Crippen molar-refractivity contribution in [2.75, 3.05) is 0 Å². The van der Waals surface area contributed by atoms with E-state index >= 15 is 0 Å². The first-order valence-corrected chi connectivity index (χ1v) is 7.37. The maximum Gasteiger partial charge on any atom is 0.251 e. The molecule has 1 atom stereocenters. The van der Waals surface area contributed by atoms with E-state index in [1.165, 1.54) is 17.8 Å². The highest BCUT2D eigenvalue weighted by Gasteiger charge is 2.10. The summed E-state index contributed by atoms with van der Waals surface area (Å²) < 4.78 is 0.967. The second-order valence-corrected chi connectivity index (χ2v) is 6.21. The smallest absolute Gasteiger partial charge is 0.251 e. The van der Waals surface area contributed by atoms with Gasteiger partial charge in [-0.3, -0.25) is 4.79 Å². The quantitative estimate of drug-likeness (QED) is 0.843. The number of hydrogen-bond acceptors (Lipinski definition) is 4. The van der Waals surface area contributed by atoms with E-state index in [-0.39, 0.29) is 11.6 Å². The number of benzene rings is 1. The molecule has 6 heteroatoms. The molecule has 3 N–H and O–H groups in total. The Morgan fingerprint density at radius 1 is 1.42 bits per heavy atom. The Balaban J connectivity index is 2.42. The number of nitrogens with zero attached hydrogens (tertiary/aromatic N) is 1. The van der Waals surface area contributed by atoms with E-state index in [4.69, 9.17) is 5.73 Å². The van der Waals surface area contributed by atoms with Crippen LogP contribution in [0.3, 0.4) is 0 Å². The van der Waals surface area contributed by atoms with E-state index < -0.39 is 0 Å². The first kappa shape index (κ1) is 14.3. The molecular weight excluding hydrogens is 326 g/mol. The molecule has 0 radical (unpaired) electrons. The van der Waals surface area contributed by atoms with Gasteiger partial charge >= 0.3 is 0 Å². The highest BCUT2D eigenvalue weighted by atomic mass is 79.9. The standard InChI is InChI=1S/C13H14BrN3OS/c1-7-5-12(18)17-13(16-7)19-11-6-9(14)3-4-10(11)8(2)15/h3-6,8H,15H2,1-2H3,(H,16,17,18). The van der Waals surface area contributed by atoms with Gasteiger partial charge in [0.1, 0.15) is 0 Å². The van der Waals surface area contributed by atoms with E-state index in [0.717, 1.165) is 14.9 Å². The summed E-state index contributed by atoms with van der Waals surface area (Å²) in [6.45, 7) is 3.73. The van der Waals surface area contributed by atoms with Crippen LogP contribution in [-0.4, -0.2) is 9.97 Å². The number of nitrogens with two attached hydrogens (primary N) is 1. The molecule has 0 saturated heterocycles. The fraction of sp³-hybridized carbons (Fsp3) is 0.231.